The maximum Gasteiger partial charge on any atom is 0.270 e. The Bertz CT molecular complexity index is 633. The molecule has 5 heterocycles. The average molecular weight is 343 g/mol. The van der Waals surface area contributed by atoms with Crippen LogP contribution < -0.4 is 5.32 Å². The predicted octanol–water partition coefficient (Wildman–Crippen LogP) is 1.42. The molecule has 25 heavy (non-hydrogen) atoms. The third-order valence-corrected chi connectivity index (χ3v) is 6.16. The molecule has 1 aromatic heterocycles. The maximum atomic E-state index is 12.8. The normalized spacial score (nSPS) is 30.4. The zero-order valence-corrected chi connectivity index (χ0v) is 15.4. The van der Waals surface area contributed by atoms with Gasteiger partial charge in [-0.1, -0.05) is 0 Å². The zero-order valence-electron chi connectivity index (χ0n) is 15.4. The summed E-state index contributed by atoms with van der Waals surface area (Å²) >= 11 is 0. The van der Waals surface area contributed by atoms with Crippen LogP contribution in [0.4, 0.5) is 0 Å². The Kier molecular flexibility index (Phi) is 4.73. The molecule has 0 radical (unpaired) electrons. The number of likely N-dealkylation sites (tertiary alicyclic amines) is 1. The molecule has 0 spiro atoms. The number of piperidine rings is 4. The number of nitrogens with one attached hydrogen (secondary N) is 1. The van der Waals surface area contributed by atoms with Crippen LogP contribution in [-0.4, -0.2) is 71.5 Å². The van der Waals surface area contributed by atoms with E-state index >= 15 is 0 Å². The Morgan fingerprint density at radius 1 is 1.12 bits per heavy atom. The van der Waals surface area contributed by atoms with Crippen molar-refractivity contribution in [2.24, 2.45) is 5.92 Å². The number of aromatic nitrogens is 2. The lowest BCUT2D eigenvalue weighted by atomic mass is 9.84. The Hall–Kier alpha value is -1.53. The van der Waals surface area contributed by atoms with Gasteiger partial charge in [-0.05, 0) is 77.8 Å². The molecular weight excluding hydrogens is 314 g/mol. The minimum atomic E-state index is -0.0292. The van der Waals surface area contributed by atoms with Gasteiger partial charge in [-0.3, -0.25) is 4.79 Å². The molecule has 6 heteroatoms. The summed E-state index contributed by atoms with van der Waals surface area (Å²) in [7, 11) is 2.15. The van der Waals surface area contributed by atoms with Crippen LogP contribution in [0.1, 0.15) is 53.6 Å². The molecule has 4 aliphatic rings. The fourth-order valence-corrected chi connectivity index (χ4v) is 4.53. The fourth-order valence-electron chi connectivity index (χ4n) is 4.53. The van der Waals surface area contributed by atoms with Crippen LogP contribution in [0.25, 0.3) is 0 Å². The van der Waals surface area contributed by atoms with Gasteiger partial charge < -0.3 is 15.1 Å². The second kappa shape index (κ2) is 7.00. The monoisotopic (exact) mass is 343 g/mol. The lowest BCUT2D eigenvalue weighted by molar-refractivity contribution is 0.0617. The van der Waals surface area contributed by atoms with Gasteiger partial charge in [0.2, 0.25) is 0 Å². The Morgan fingerprint density at radius 2 is 1.84 bits per heavy atom. The lowest BCUT2D eigenvalue weighted by Crippen LogP contribution is -2.57. The Morgan fingerprint density at radius 3 is 2.48 bits per heavy atom. The van der Waals surface area contributed by atoms with Crippen LogP contribution >= 0.6 is 0 Å². The Labute approximate surface area is 150 Å². The molecular formula is C19H29N5O. The van der Waals surface area contributed by atoms with E-state index in [4.69, 9.17) is 0 Å². The number of hydrogen-bond acceptors (Lipinski definition) is 5. The van der Waals surface area contributed by atoms with Crippen molar-refractivity contribution in [1.29, 1.82) is 0 Å². The largest absolute Gasteiger partial charge is 0.346 e. The van der Waals surface area contributed by atoms with Crippen molar-refractivity contribution < 1.29 is 4.79 Å². The van der Waals surface area contributed by atoms with Gasteiger partial charge in [-0.2, -0.15) is 0 Å². The molecule has 6 nitrogen and oxygen atoms in total. The topological polar surface area (TPSA) is 61.4 Å². The minimum Gasteiger partial charge on any atom is -0.346 e. The van der Waals surface area contributed by atoms with E-state index in [9.17, 15) is 4.79 Å². The number of rotatable bonds is 3. The first-order valence-electron chi connectivity index (χ1n) is 9.66. The summed E-state index contributed by atoms with van der Waals surface area (Å²) in [5.41, 5.74) is 1.43. The van der Waals surface area contributed by atoms with Crippen molar-refractivity contribution in [2.75, 3.05) is 39.8 Å². The minimum absolute atomic E-state index is 0.0292. The van der Waals surface area contributed by atoms with Gasteiger partial charge in [-0.25, -0.2) is 9.97 Å². The van der Waals surface area contributed by atoms with Gasteiger partial charge in [0.25, 0.3) is 5.91 Å². The Balaban J connectivity index is 1.47. The molecule has 0 saturated carbocycles. The van der Waals surface area contributed by atoms with Crippen LogP contribution in [0.15, 0.2) is 6.07 Å². The number of aryl methyl sites for hydroxylation is 1. The molecule has 4 fully saturated rings. The molecule has 1 atom stereocenters. The quantitative estimate of drug-likeness (QED) is 0.899. The van der Waals surface area contributed by atoms with Gasteiger partial charge in [0.05, 0.1) is 0 Å². The highest BCUT2D eigenvalue weighted by atomic mass is 16.2. The number of amides is 1. The van der Waals surface area contributed by atoms with E-state index in [1.165, 1.54) is 25.9 Å². The first kappa shape index (κ1) is 16.9. The van der Waals surface area contributed by atoms with Crippen molar-refractivity contribution >= 4 is 5.91 Å². The molecule has 4 aliphatic heterocycles. The second-order valence-corrected chi connectivity index (χ2v) is 8.05. The molecule has 4 saturated heterocycles. The summed E-state index contributed by atoms with van der Waals surface area (Å²) < 4.78 is 0. The highest BCUT2D eigenvalue weighted by Crippen LogP contribution is 2.28. The van der Waals surface area contributed by atoms with Gasteiger partial charge >= 0.3 is 0 Å². The van der Waals surface area contributed by atoms with Gasteiger partial charge in [0.15, 0.2) is 0 Å². The summed E-state index contributed by atoms with van der Waals surface area (Å²) in [6.45, 7) is 7.47. The van der Waals surface area contributed by atoms with Crippen molar-refractivity contribution in [1.82, 2.24) is 25.1 Å². The van der Waals surface area contributed by atoms with Crippen LogP contribution in [0.3, 0.4) is 0 Å². The van der Waals surface area contributed by atoms with Crippen LogP contribution in [0, 0.1) is 12.8 Å². The summed E-state index contributed by atoms with van der Waals surface area (Å²) in [6.07, 6.45) is 4.55. The number of carbonyl (C=O) groups is 1. The molecule has 2 bridgehead atoms. The fraction of sp³-hybridized carbons (Fsp3) is 0.737. The highest BCUT2D eigenvalue weighted by molar-refractivity contribution is 5.92. The predicted molar refractivity (Wildman–Crippen MR) is 96.7 cm³/mol. The molecule has 1 amide bonds. The van der Waals surface area contributed by atoms with Crippen molar-refractivity contribution in [3.05, 3.63) is 23.3 Å². The summed E-state index contributed by atoms with van der Waals surface area (Å²) in [5.74, 6) is 1.83. The van der Waals surface area contributed by atoms with E-state index in [0.29, 0.717) is 17.5 Å². The highest BCUT2D eigenvalue weighted by Gasteiger charge is 2.35. The lowest BCUT2D eigenvalue weighted by Gasteiger charge is -2.44. The van der Waals surface area contributed by atoms with E-state index in [1.54, 1.807) is 0 Å². The van der Waals surface area contributed by atoms with Crippen molar-refractivity contribution in [2.45, 2.75) is 44.6 Å². The van der Waals surface area contributed by atoms with E-state index in [1.807, 2.05) is 13.0 Å². The summed E-state index contributed by atoms with van der Waals surface area (Å²) in [6, 6.07) is 2.10. The van der Waals surface area contributed by atoms with Crippen molar-refractivity contribution in [3.8, 4) is 0 Å². The van der Waals surface area contributed by atoms with E-state index < -0.39 is 0 Å². The number of fused-ring (bicyclic) bond motifs is 3. The first-order chi connectivity index (χ1) is 12.1. The number of hydrogen-bond donors (Lipinski definition) is 1. The van der Waals surface area contributed by atoms with Crippen LogP contribution in [0.2, 0.25) is 0 Å². The second-order valence-electron chi connectivity index (χ2n) is 8.05. The molecule has 5 rings (SSSR count). The molecule has 1 aromatic rings. The van der Waals surface area contributed by atoms with E-state index in [2.05, 4.69) is 32.1 Å². The summed E-state index contributed by atoms with van der Waals surface area (Å²) in [5, 5.41) is 3.25. The first-order valence-corrected chi connectivity index (χ1v) is 9.66. The van der Waals surface area contributed by atoms with E-state index in [0.717, 1.165) is 44.0 Å². The molecule has 0 aliphatic carbocycles. The standard InChI is InChI=1S/C19H29N5O/c1-13-11-16(21-18(20-13)15-3-7-23(2)8-4-15)19(25)22-17-12-24-9-5-14(17)6-10-24/h11,14-15,17H,3-10,12H2,1-2H3,(H,22,25)/t17-/m1/s1. The molecule has 0 aromatic carbocycles. The zero-order chi connectivity index (χ0) is 17.4. The average Bonchev–Trinajstić information content (AvgIpc) is 2.63. The van der Waals surface area contributed by atoms with Gasteiger partial charge in [0.1, 0.15) is 11.5 Å². The molecule has 0 unspecified atom stereocenters. The SMILES string of the molecule is Cc1cc(C(=O)N[C@@H]2CN3CCC2CC3)nc(C2CCN(C)CC2)n1. The summed E-state index contributed by atoms with van der Waals surface area (Å²) in [4.78, 5) is 26.9. The maximum absolute atomic E-state index is 12.8. The number of nitrogens with zero attached hydrogens (tertiary/aromatic N) is 4. The van der Waals surface area contributed by atoms with Gasteiger partial charge in [-0.15, -0.1) is 0 Å². The number of carbonyl (C=O) groups excluding carboxylic acids is 1. The molecule has 136 valence electrons. The molecule has 1 N–H and O–H groups in total. The van der Waals surface area contributed by atoms with Crippen LogP contribution in [0.5, 0.6) is 0 Å². The third kappa shape index (κ3) is 3.70. The smallest absolute Gasteiger partial charge is 0.270 e. The van der Waals surface area contributed by atoms with Crippen molar-refractivity contribution in [3.63, 3.8) is 0 Å². The van der Waals surface area contributed by atoms with Crippen LogP contribution in [-0.2, 0) is 0 Å². The third-order valence-electron chi connectivity index (χ3n) is 6.16. The van der Waals surface area contributed by atoms with E-state index in [-0.39, 0.29) is 11.9 Å². The van der Waals surface area contributed by atoms with Gasteiger partial charge in [0, 0.05) is 24.2 Å².